The molecule has 2 heterocycles. The van der Waals surface area contributed by atoms with Crippen LogP contribution in [-0.2, 0) is 39.8 Å². The van der Waals surface area contributed by atoms with Crippen molar-refractivity contribution < 1.29 is 33.2 Å². The predicted octanol–water partition coefficient (Wildman–Crippen LogP) is 5.90. The van der Waals surface area contributed by atoms with Crippen LogP contribution in [0.3, 0.4) is 0 Å². The highest BCUT2D eigenvalue weighted by Crippen LogP contribution is 2.40. The van der Waals surface area contributed by atoms with Gasteiger partial charge in [-0.05, 0) is 18.4 Å². The van der Waals surface area contributed by atoms with Crippen LogP contribution in [-0.4, -0.2) is 59.3 Å². The second kappa shape index (κ2) is 13.5. The van der Waals surface area contributed by atoms with Crippen molar-refractivity contribution in [2.75, 3.05) is 6.61 Å². The van der Waals surface area contributed by atoms with Crippen molar-refractivity contribution in [2.24, 2.45) is 23.7 Å². The molecule has 0 spiro atoms. The number of hydrogen-bond donors (Lipinski definition) is 1. The standard InChI is InChI=1S/C27H38Cl3NO7/c1-14-15(2)24(38-26(31)27(28,29)30)36-21(13-33-19(6)32)23(14)37-25-17(4)22(16(3)18(5)35-25)34-12-20-10-8-7-9-11-20/h7-11,14-18,21-25,31H,12-13H2,1-6H3/t14-,15?,16-,17?,18?,21?,22-,23+,24-,25+/m1/s1. The van der Waals surface area contributed by atoms with Crippen LogP contribution in [0.25, 0.3) is 0 Å². The van der Waals surface area contributed by atoms with Crippen LogP contribution in [0.2, 0.25) is 0 Å². The monoisotopic (exact) mass is 593 g/mol. The average Bonchev–Trinajstić information content (AvgIpc) is 2.85. The maximum atomic E-state index is 11.6. The molecular weight excluding hydrogens is 557 g/mol. The number of benzene rings is 1. The van der Waals surface area contributed by atoms with Gasteiger partial charge >= 0.3 is 5.97 Å². The van der Waals surface area contributed by atoms with E-state index in [0.29, 0.717) is 6.61 Å². The van der Waals surface area contributed by atoms with Crippen molar-refractivity contribution in [3.63, 3.8) is 0 Å². The first-order valence-electron chi connectivity index (χ1n) is 12.9. The fourth-order valence-corrected chi connectivity index (χ4v) is 5.00. The van der Waals surface area contributed by atoms with Crippen molar-refractivity contribution in [1.82, 2.24) is 0 Å². The van der Waals surface area contributed by atoms with Gasteiger partial charge in [0.2, 0.25) is 12.2 Å². The van der Waals surface area contributed by atoms with Gasteiger partial charge in [-0.1, -0.05) is 92.8 Å². The van der Waals surface area contributed by atoms with Gasteiger partial charge in [0.25, 0.3) is 3.79 Å². The minimum absolute atomic E-state index is 0.0704. The van der Waals surface area contributed by atoms with E-state index in [0.717, 1.165) is 5.56 Å². The second-order valence-corrected chi connectivity index (χ2v) is 12.6. The minimum Gasteiger partial charge on any atom is -0.463 e. The molecule has 4 unspecified atom stereocenters. The van der Waals surface area contributed by atoms with Crippen LogP contribution in [0.15, 0.2) is 30.3 Å². The molecule has 2 aliphatic heterocycles. The number of carbonyl (C=O) groups is 1. The summed E-state index contributed by atoms with van der Waals surface area (Å²) in [5.41, 5.74) is 1.10. The average molecular weight is 595 g/mol. The van der Waals surface area contributed by atoms with Gasteiger partial charge in [-0.3, -0.25) is 10.2 Å². The summed E-state index contributed by atoms with van der Waals surface area (Å²) in [6, 6.07) is 10.0. The van der Waals surface area contributed by atoms with Gasteiger partial charge in [0.1, 0.15) is 12.7 Å². The largest absolute Gasteiger partial charge is 0.463 e. The molecule has 0 aliphatic carbocycles. The van der Waals surface area contributed by atoms with Crippen molar-refractivity contribution >= 4 is 46.7 Å². The number of rotatable bonds is 8. The molecule has 1 N–H and O–H groups in total. The summed E-state index contributed by atoms with van der Waals surface area (Å²) in [6.07, 6.45) is -2.90. The van der Waals surface area contributed by atoms with Crippen LogP contribution < -0.4 is 0 Å². The molecule has 11 heteroatoms. The number of esters is 1. The van der Waals surface area contributed by atoms with Gasteiger partial charge in [0, 0.05) is 24.7 Å². The SMILES string of the molecule is CC(=O)OCC1O[C@H](OC(=N)C(Cl)(Cl)Cl)C(C)[C@@H](C)[C@@H]1O[C@@H]1OC(C)[C@@H](C)[C@@H](OCc2ccccc2)C1C. The third-order valence-corrected chi connectivity index (χ3v) is 8.04. The van der Waals surface area contributed by atoms with Crippen molar-refractivity contribution in [3.8, 4) is 0 Å². The van der Waals surface area contributed by atoms with Gasteiger partial charge in [0.15, 0.2) is 6.29 Å². The lowest BCUT2D eigenvalue weighted by Gasteiger charge is -2.48. The minimum atomic E-state index is -2.03. The number of halogens is 3. The van der Waals surface area contributed by atoms with Gasteiger partial charge in [-0.25, -0.2) is 0 Å². The molecule has 8 nitrogen and oxygen atoms in total. The van der Waals surface area contributed by atoms with Gasteiger partial charge in [-0.2, -0.15) is 0 Å². The van der Waals surface area contributed by atoms with Crippen LogP contribution in [0.1, 0.15) is 47.1 Å². The van der Waals surface area contributed by atoms with E-state index in [2.05, 4.69) is 13.8 Å². The van der Waals surface area contributed by atoms with E-state index >= 15 is 0 Å². The van der Waals surface area contributed by atoms with Crippen LogP contribution in [0, 0.1) is 29.1 Å². The molecule has 0 bridgehead atoms. The lowest BCUT2D eigenvalue weighted by Crippen LogP contribution is -2.57. The number of hydrogen-bond acceptors (Lipinski definition) is 8. The molecule has 1 aromatic rings. The Morgan fingerprint density at radius 2 is 1.58 bits per heavy atom. The summed E-state index contributed by atoms with van der Waals surface area (Å²) in [5.74, 6) is -1.34. The zero-order chi connectivity index (χ0) is 28.2. The first-order valence-corrected chi connectivity index (χ1v) is 14.0. The van der Waals surface area contributed by atoms with E-state index in [9.17, 15) is 4.79 Å². The Balaban J connectivity index is 1.76. The lowest BCUT2D eigenvalue weighted by molar-refractivity contribution is -0.325. The van der Waals surface area contributed by atoms with Crippen molar-refractivity contribution in [3.05, 3.63) is 35.9 Å². The fourth-order valence-electron chi connectivity index (χ4n) is 4.86. The van der Waals surface area contributed by atoms with E-state index in [4.69, 9.17) is 68.6 Å². The highest BCUT2D eigenvalue weighted by Gasteiger charge is 2.49. The molecule has 0 aromatic heterocycles. The third kappa shape index (κ3) is 7.96. The molecule has 2 saturated heterocycles. The van der Waals surface area contributed by atoms with Gasteiger partial charge in [0.05, 0.1) is 24.9 Å². The number of alkyl halides is 3. The second-order valence-electron chi connectivity index (χ2n) is 10.3. The van der Waals surface area contributed by atoms with Crippen LogP contribution in [0.5, 0.6) is 0 Å². The number of nitrogens with one attached hydrogen (secondary N) is 1. The molecule has 1 aromatic carbocycles. The highest BCUT2D eigenvalue weighted by molar-refractivity contribution is 6.76. The normalized spacial score (nSPS) is 35.9. The van der Waals surface area contributed by atoms with E-state index in [1.807, 2.05) is 51.1 Å². The topological polar surface area (TPSA) is 96.3 Å². The summed E-state index contributed by atoms with van der Waals surface area (Å²) >= 11 is 17.4. The van der Waals surface area contributed by atoms with E-state index in [1.54, 1.807) is 0 Å². The van der Waals surface area contributed by atoms with Crippen LogP contribution >= 0.6 is 34.8 Å². The molecule has 0 amide bonds. The van der Waals surface area contributed by atoms with E-state index in [-0.39, 0.29) is 42.5 Å². The lowest BCUT2D eigenvalue weighted by atomic mass is 9.83. The predicted molar refractivity (Wildman–Crippen MR) is 145 cm³/mol. The molecule has 2 fully saturated rings. The first-order chi connectivity index (χ1) is 17.8. The molecule has 3 rings (SSSR count). The fraction of sp³-hybridized carbons (Fsp3) is 0.704. The molecule has 10 atom stereocenters. The number of carbonyl (C=O) groups excluding carboxylic acids is 1. The Morgan fingerprint density at radius 1 is 0.921 bits per heavy atom. The Morgan fingerprint density at radius 3 is 2.18 bits per heavy atom. The third-order valence-electron chi connectivity index (χ3n) is 7.53. The Kier molecular flexibility index (Phi) is 11.1. The van der Waals surface area contributed by atoms with Crippen molar-refractivity contribution in [2.45, 2.75) is 88.9 Å². The zero-order valence-electron chi connectivity index (χ0n) is 22.6. The van der Waals surface area contributed by atoms with Gasteiger partial charge in [-0.15, -0.1) is 0 Å². The summed E-state index contributed by atoms with van der Waals surface area (Å²) in [6.45, 7) is 11.8. The number of ether oxygens (including phenoxy) is 6. The molecule has 214 valence electrons. The van der Waals surface area contributed by atoms with Gasteiger partial charge < -0.3 is 28.4 Å². The molecule has 38 heavy (non-hydrogen) atoms. The molecule has 2 aliphatic rings. The summed E-state index contributed by atoms with van der Waals surface area (Å²) in [4.78, 5) is 11.6. The Bertz CT molecular complexity index is 931. The maximum absolute atomic E-state index is 11.6. The summed E-state index contributed by atoms with van der Waals surface area (Å²) in [7, 11) is 0. The summed E-state index contributed by atoms with van der Waals surface area (Å²) < 4.78 is 34.2. The first kappa shape index (κ1) is 31.4. The Hall–Kier alpha value is -1.13. The zero-order valence-corrected chi connectivity index (χ0v) is 24.8. The smallest absolute Gasteiger partial charge is 0.302 e. The molecule has 0 saturated carbocycles. The maximum Gasteiger partial charge on any atom is 0.302 e. The molecule has 0 radical (unpaired) electrons. The van der Waals surface area contributed by atoms with Crippen LogP contribution in [0.4, 0.5) is 0 Å². The highest BCUT2D eigenvalue weighted by atomic mass is 35.6. The quantitative estimate of drug-likeness (QED) is 0.173. The Labute approximate surface area is 240 Å². The van der Waals surface area contributed by atoms with E-state index in [1.165, 1.54) is 6.92 Å². The van der Waals surface area contributed by atoms with Crippen molar-refractivity contribution in [1.29, 1.82) is 5.41 Å². The van der Waals surface area contributed by atoms with E-state index < -0.39 is 40.4 Å². The molecular formula is C27H38Cl3NO7. The summed E-state index contributed by atoms with van der Waals surface area (Å²) in [5, 5.41) is 7.97.